The maximum absolute atomic E-state index is 13.6. The van der Waals surface area contributed by atoms with Gasteiger partial charge in [-0.1, -0.05) is 90.7 Å². The van der Waals surface area contributed by atoms with Gasteiger partial charge in [-0.25, -0.2) is 0 Å². The molecule has 2 aliphatic heterocycles. The van der Waals surface area contributed by atoms with E-state index < -0.39 is 0 Å². The van der Waals surface area contributed by atoms with Gasteiger partial charge in [0.25, 0.3) is 11.8 Å². The molecule has 3 aromatic rings. The maximum Gasteiger partial charge on any atom is 0.267 e. The molecule has 0 unspecified atom stereocenters. The summed E-state index contributed by atoms with van der Waals surface area (Å²) in [5.74, 6) is -1.02. The summed E-state index contributed by atoms with van der Waals surface area (Å²) in [6.45, 7) is 1.74. The molecule has 2 aliphatic rings. The standard InChI is InChI=1S/C27H21N3O3S2/c1-17(18-10-4-2-5-11-18)30-26(33)24(35-27(30)34)23-20-14-8-9-15-21(20)29(25(23)32)16-22(31)28-19-12-6-3-7-13-19/h2-15,17H,16H2,1H3,(H,28,31)/b24-23-/t17-/m0/s1. The molecule has 2 heterocycles. The lowest BCUT2D eigenvalue weighted by Gasteiger charge is -2.23. The van der Waals surface area contributed by atoms with Crippen molar-refractivity contribution in [3.8, 4) is 0 Å². The molecule has 1 N–H and O–H groups in total. The number of fused-ring (bicyclic) bond motifs is 1. The van der Waals surface area contributed by atoms with E-state index in [1.165, 1.54) is 4.90 Å². The third-order valence-electron chi connectivity index (χ3n) is 5.98. The summed E-state index contributed by atoms with van der Waals surface area (Å²) in [5, 5.41) is 2.81. The van der Waals surface area contributed by atoms with Gasteiger partial charge in [0.2, 0.25) is 5.91 Å². The molecule has 0 radical (unpaired) electrons. The Bertz CT molecular complexity index is 1370. The molecule has 0 aromatic heterocycles. The molecular weight excluding hydrogens is 478 g/mol. The fraction of sp³-hybridized carbons (Fsp3) is 0.111. The molecule has 0 bridgehead atoms. The van der Waals surface area contributed by atoms with E-state index in [1.807, 2.05) is 61.5 Å². The first-order valence-electron chi connectivity index (χ1n) is 11.1. The number of thiocarbonyl (C=S) groups is 1. The quantitative estimate of drug-likeness (QED) is 0.395. The monoisotopic (exact) mass is 499 g/mol. The van der Waals surface area contributed by atoms with Gasteiger partial charge in [-0.05, 0) is 30.7 Å². The molecule has 1 saturated heterocycles. The van der Waals surface area contributed by atoms with Gasteiger partial charge in [0.15, 0.2) is 0 Å². The molecular formula is C27H21N3O3S2. The van der Waals surface area contributed by atoms with Crippen LogP contribution in [0.4, 0.5) is 11.4 Å². The van der Waals surface area contributed by atoms with E-state index in [0.29, 0.717) is 26.2 Å². The van der Waals surface area contributed by atoms with Crippen molar-refractivity contribution in [1.29, 1.82) is 0 Å². The minimum atomic E-state index is -0.387. The van der Waals surface area contributed by atoms with Crippen molar-refractivity contribution in [3.63, 3.8) is 0 Å². The van der Waals surface area contributed by atoms with E-state index in [9.17, 15) is 14.4 Å². The topological polar surface area (TPSA) is 69.7 Å². The Hall–Kier alpha value is -3.75. The predicted molar refractivity (Wildman–Crippen MR) is 143 cm³/mol. The number of hydrogen-bond acceptors (Lipinski definition) is 5. The summed E-state index contributed by atoms with van der Waals surface area (Å²) >= 11 is 6.69. The minimum absolute atomic E-state index is 0.172. The lowest BCUT2D eigenvalue weighted by atomic mass is 10.1. The molecule has 3 amide bonds. The Balaban J connectivity index is 1.46. The molecule has 1 fully saturated rings. The van der Waals surface area contributed by atoms with E-state index >= 15 is 0 Å². The first-order chi connectivity index (χ1) is 17.0. The van der Waals surface area contributed by atoms with Gasteiger partial charge < -0.3 is 5.32 Å². The lowest BCUT2D eigenvalue weighted by molar-refractivity contribution is -0.123. The number of nitrogens with zero attached hydrogens (tertiary/aromatic N) is 2. The molecule has 6 nitrogen and oxygen atoms in total. The van der Waals surface area contributed by atoms with E-state index in [-0.39, 0.29) is 35.9 Å². The first-order valence-corrected chi connectivity index (χ1v) is 12.3. The molecule has 35 heavy (non-hydrogen) atoms. The van der Waals surface area contributed by atoms with Gasteiger partial charge in [0.05, 0.1) is 22.2 Å². The number of anilines is 2. The van der Waals surface area contributed by atoms with Crippen molar-refractivity contribution in [3.05, 3.63) is 101 Å². The Morgan fingerprint density at radius 3 is 2.26 bits per heavy atom. The first kappa shape index (κ1) is 23.0. The number of carbonyl (C=O) groups is 3. The molecule has 0 aliphatic carbocycles. The van der Waals surface area contributed by atoms with Gasteiger partial charge in [-0.2, -0.15) is 0 Å². The van der Waals surface area contributed by atoms with E-state index in [2.05, 4.69) is 5.32 Å². The largest absolute Gasteiger partial charge is 0.325 e. The van der Waals surface area contributed by atoms with Crippen LogP contribution in [0.3, 0.4) is 0 Å². The number of benzene rings is 3. The highest BCUT2D eigenvalue weighted by Gasteiger charge is 2.43. The highest BCUT2D eigenvalue weighted by molar-refractivity contribution is 8.26. The number of para-hydroxylation sites is 2. The Morgan fingerprint density at radius 2 is 1.54 bits per heavy atom. The van der Waals surface area contributed by atoms with Crippen molar-refractivity contribution in [2.45, 2.75) is 13.0 Å². The van der Waals surface area contributed by atoms with Gasteiger partial charge in [0, 0.05) is 11.3 Å². The number of rotatable bonds is 5. The van der Waals surface area contributed by atoms with Crippen LogP contribution in [-0.4, -0.2) is 33.5 Å². The van der Waals surface area contributed by atoms with E-state index in [0.717, 1.165) is 17.3 Å². The Labute approximate surface area is 212 Å². The number of nitrogens with one attached hydrogen (secondary N) is 1. The highest BCUT2D eigenvalue weighted by atomic mass is 32.2. The average molecular weight is 500 g/mol. The van der Waals surface area contributed by atoms with Crippen LogP contribution in [0.15, 0.2) is 89.8 Å². The maximum atomic E-state index is 13.6. The molecule has 5 rings (SSSR count). The Kier molecular flexibility index (Phi) is 6.23. The van der Waals surface area contributed by atoms with Crippen LogP contribution < -0.4 is 10.2 Å². The summed E-state index contributed by atoms with van der Waals surface area (Å²) in [6, 6.07) is 25.6. The second-order valence-corrected chi connectivity index (χ2v) is 9.80. The van der Waals surface area contributed by atoms with Crippen LogP contribution >= 0.6 is 24.0 Å². The van der Waals surface area contributed by atoms with Gasteiger partial charge >= 0.3 is 0 Å². The molecule has 3 aromatic carbocycles. The smallest absolute Gasteiger partial charge is 0.267 e. The number of carbonyl (C=O) groups excluding carboxylic acids is 3. The zero-order valence-electron chi connectivity index (χ0n) is 18.8. The van der Waals surface area contributed by atoms with Crippen LogP contribution in [0.1, 0.15) is 24.1 Å². The van der Waals surface area contributed by atoms with Crippen LogP contribution in [0, 0.1) is 0 Å². The molecule has 1 atom stereocenters. The fourth-order valence-electron chi connectivity index (χ4n) is 4.27. The van der Waals surface area contributed by atoms with Gasteiger partial charge in [-0.3, -0.25) is 24.2 Å². The van der Waals surface area contributed by atoms with Crippen molar-refractivity contribution in [1.82, 2.24) is 4.90 Å². The van der Waals surface area contributed by atoms with Crippen molar-refractivity contribution in [2.24, 2.45) is 0 Å². The van der Waals surface area contributed by atoms with Crippen LogP contribution in [-0.2, 0) is 14.4 Å². The van der Waals surface area contributed by atoms with Crippen molar-refractivity contribution in [2.75, 3.05) is 16.8 Å². The van der Waals surface area contributed by atoms with E-state index in [1.54, 1.807) is 35.2 Å². The van der Waals surface area contributed by atoms with Crippen LogP contribution in [0.5, 0.6) is 0 Å². The van der Waals surface area contributed by atoms with Crippen molar-refractivity contribution < 1.29 is 14.4 Å². The van der Waals surface area contributed by atoms with Gasteiger partial charge in [0.1, 0.15) is 10.9 Å². The third kappa shape index (κ3) is 4.26. The fourth-order valence-corrected chi connectivity index (χ4v) is 5.76. The van der Waals surface area contributed by atoms with Gasteiger partial charge in [-0.15, -0.1) is 0 Å². The zero-order chi connectivity index (χ0) is 24.5. The summed E-state index contributed by atoms with van der Waals surface area (Å²) < 4.78 is 0.402. The number of hydrogen-bond donors (Lipinski definition) is 1. The molecule has 0 saturated carbocycles. The zero-order valence-corrected chi connectivity index (χ0v) is 20.4. The molecule has 0 spiro atoms. The number of thioether (sulfide) groups is 1. The van der Waals surface area contributed by atoms with E-state index in [4.69, 9.17) is 12.2 Å². The van der Waals surface area contributed by atoms with Crippen molar-refractivity contribution >= 4 is 63.0 Å². The Morgan fingerprint density at radius 1 is 0.914 bits per heavy atom. The lowest BCUT2D eigenvalue weighted by Crippen LogP contribution is -2.35. The second kappa shape index (κ2) is 9.48. The SMILES string of the molecule is C[C@@H](c1ccccc1)N1C(=O)/C(=C2/C(=O)N(CC(=O)Nc3ccccc3)c3ccccc32)SC1=S. The highest BCUT2D eigenvalue weighted by Crippen LogP contribution is 2.46. The predicted octanol–water partition coefficient (Wildman–Crippen LogP) is 5.00. The minimum Gasteiger partial charge on any atom is -0.325 e. The normalized spacial score (nSPS) is 18.1. The summed E-state index contributed by atoms with van der Waals surface area (Å²) in [6.07, 6.45) is 0. The van der Waals surface area contributed by atoms with Crippen LogP contribution in [0.2, 0.25) is 0 Å². The molecule has 174 valence electrons. The summed E-state index contributed by atoms with van der Waals surface area (Å²) in [7, 11) is 0. The third-order valence-corrected chi connectivity index (χ3v) is 7.38. The number of amides is 3. The average Bonchev–Trinajstić information content (AvgIpc) is 3.31. The van der Waals surface area contributed by atoms with Crippen LogP contribution in [0.25, 0.3) is 5.57 Å². The second-order valence-electron chi connectivity index (χ2n) is 8.16. The molecule has 8 heteroatoms. The summed E-state index contributed by atoms with van der Waals surface area (Å²) in [4.78, 5) is 43.2. The summed E-state index contributed by atoms with van der Waals surface area (Å²) in [5.41, 5.74) is 3.10.